The van der Waals surface area contributed by atoms with Gasteiger partial charge in [0.05, 0.1) is 6.04 Å². The summed E-state index contributed by atoms with van der Waals surface area (Å²) in [5.41, 5.74) is 2.40. The summed E-state index contributed by atoms with van der Waals surface area (Å²) >= 11 is 2.19. The van der Waals surface area contributed by atoms with E-state index in [0.717, 1.165) is 22.0 Å². The van der Waals surface area contributed by atoms with Crippen molar-refractivity contribution in [2.75, 3.05) is 13.2 Å². The maximum absolute atomic E-state index is 12.0. The van der Waals surface area contributed by atoms with Gasteiger partial charge in [-0.05, 0) is 70.8 Å². The molecule has 0 bridgehead atoms. The van der Waals surface area contributed by atoms with Gasteiger partial charge in [0.2, 0.25) is 0 Å². The minimum atomic E-state index is -0.569. The molecule has 0 fully saturated rings. The summed E-state index contributed by atoms with van der Waals surface area (Å²) in [5.74, 6) is -0.283. The van der Waals surface area contributed by atoms with Crippen LogP contribution in [0.15, 0.2) is 48.5 Å². The summed E-state index contributed by atoms with van der Waals surface area (Å²) in [5, 5.41) is 2.91. The van der Waals surface area contributed by atoms with Crippen LogP contribution < -0.4 is 10.1 Å². The second-order valence-electron chi connectivity index (χ2n) is 5.76. The van der Waals surface area contributed by atoms with Crippen molar-refractivity contribution >= 4 is 34.5 Å². The second-order valence-corrected chi connectivity index (χ2v) is 7.01. The molecule has 6 heteroatoms. The maximum Gasteiger partial charge on any atom is 0.344 e. The number of nitrogens with one attached hydrogen (secondary N) is 1. The molecule has 1 aliphatic rings. The van der Waals surface area contributed by atoms with Crippen LogP contribution in [-0.2, 0) is 20.7 Å². The SMILES string of the molecule is O=C(COC(=O)COc1ccc(I)cc1)NC1CCc2ccccc21. The van der Waals surface area contributed by atoms with Crippen LogP contribution in [0, 0.1) is 3.57 Å². The summed E-state index contributed by atoms with van der Waals surface area (Å²) in [6.07, 6.45) is 1.82. The van der Waals surface area contributed by atoms with Crippen molar-refractivity contribution in [2.45, 2.75) is 18.9 Å². The van der Waals surface area contributed by atoms with Crippen molar-refractivity contribution < 1.29 is 19.1 Å². The van der Waals surface area contributed by atoms with Gasteiger partial charge in [0, 0.05) is 3.57 Å². The van der Waals surface area contributed by atoms with Crippen LogP contribution in [0.25, 0.3) is 0 Å². The molecule has 0 heterocycles. The molecule has 1 unspecified atom stereocenters. The summed E-state index contributed by atoms with van der Waals surface area (Å²) < 4.78 is 11.4. The fourth-order valence-electron chi connectivity index (χ4n) is 2.80. The summed E-state index contributed by atoms with van der Waals surface area (Å²) in [4.78, 5) is 23.7. The van der Waals surface area contributed by atoms with Crippen LogP contribution in [0.3, 0.4) is 0 Å². The molecule has 0 saturated carbocycles. The van der Waals surface area contributed by atoms with E-state index >= 15 is 0 Å². The molecule has 0 aliphatic heterocycles. The van der Waals surface area contributed by atoms with Gasteiger partial charge in [-0.2, -0.15) is 0 Å². The molecule has 0 radical (unpaired) electrons. The van der Waals surface area contributed by atoms with Crippen molar-refractivity contribution in [1.29, 1.82) is 0 Å². The van der Waals surface area contributed by atoms with Crippen LogP contribution in [-0.4, -0.2) is 25.1 Å². The van der Waals surface area contributed by atoms with E-state index in [1.54, 1.807) is 12.1 Å². The minimum Gasteiger partial charge on any atom is -0.482 e. The Hall–Kier alpha value is -2.09. The summed E-state index contributed by atoms with van der Waals surface area (Å²) in [7, 11) is 0. The smallest absolute Gasteiger partial charge is 0.344 e. The van der Waals surface area contributed by atoms with E-state index in [1.807, 2.05) is 30.3 Å². The summed E-state index contributed by atoms with van der Waals surface area (Å²) in [6, 6.07) is 15.4. The number of fused-ring (bicyclic) bond motifs is 1. The third-order valence-corrected chi connectivity index (χ3v) is 4.72. The van der Waals surface area contributed by atoms with Gasteiger partial charge < -0.3 is 14.8 Å². The highest BCUT2D eigenvalue weighted by atomic mass is 127. The van der Waals surface area contributed by atoms with Gasteiger partial charge in [-0.1, -0.05) is 24.3 Å². The van der Waals surface area contributed by atoms with Crippen LogP contribution in [0.2, 0.25) is 0 Å². The first-order valence-electron chi connectivity index (χ1n) is 8.03. The van der Waals surface area contributed by atoms with Gasteiger partial charge >= 0.3 is 5.97 Å². The fourth-order valence-corrected chi connectivity index (χ4v) is 3.16. The Bertz CT molecular complexity index is 760. The Balaban J connectivity index is 1.40. The molecule has 3 rings (SSSR count). The zero-order chi connectivity index (χ0) is 17.6. The predicted octanol–water partition coefficient (Wildman–Crippen LogP) is 3.02. The molecule has 130 valence electrons. The molecular formula is C19H18INO4. The van der Waals surface area contributed by atoms with Crippen molar-refractivity contribution in [2.24, 2.45) is 0 Å². The highest BCUT2D eigenvalue weighted by Crippen LogP contribution is 2.30. The first-order chi connectivity index (χ1) is 12.1. The van der Waals surface area contributed by atoms with E-state index in [0.29, 0.717) is 5.75 Å². The first-order valence-corrected chi connectivity index (χ1v) is 9.11. The highest BCUT2D eigenvalue weighted by molar-refractivity contribution is 14.1. The number of hydrogen-bond acceptors (Lipinski definition) is 4. The number of halogens is 1. The molecular weight excluding hydrogens is 433 g/mol. The Kier molecular flexibility index (Phi) is 5.91. The lowest BCUT2D eigenvalue weighted by Crippen LogP contribution is -2.32. The average Bonchev–Trinajstić information content (AvgIpc) is 3.02. The van der Waals surface area contributed by atoms with Crippen molar-refractivity contribution in [3.63, 3.8) is 0 Å². The number of rotatable bonds is 6. The Morgan fingerprint density at radius 2 is 1.84 bits per heavy atom. The Morgan fingerprint density at radius 1 is 1.08 bits per heavy atom. The van der Waals surface area contributed by atoms with E-state index in [9.17, 15) is 9.59 Å². The monoisotopic (exact) mass is 451 g/mol. The third-order valence-electron chi connectivity index (χ3n) is 4.00. The molecule has 1 N–H and O–H groups in total. The molecule has 0 saturated heterocycles. The number of hydrogen-bond donors (Lipinski definition) is 1. The number of aryl methyl sites for hydroxylation is 1. The third kappa shape index (κ3) is 4.94. The number of carbonyl (C=O) groups is 2. The number of amides is 1. The molecule has 0 spiro atoms. The van der Waals surface area contributed by atoms with E-state index in [-0.39, 0.29) is 25.2 Å². The minimum absolute atomic E-state index is 0.00885. The van der Waals surface area contributed by atoms with Crippen LogP contribution in [0.4, 0.5) is 0 Å². The fraction of sp³-hybridized carbons (Fsp3) is 0.263. The molecule has 0 aromatic heterocycles. The van der Waals surface area contributed by atoms with Crippen molar-refractivity contribution in [3.8, 4) is 5.75 Å². The van der Waals surface area contributed by atoms with E-state index < -0.39 is 5.97 Å². The van der Waals surface area contributed by atoms with Gasteiger partial charge in [0.25, 0.3) is 5.91 Å². The average molecular weight is 451 g/mol. The van der Waals surface area contributed by atoms with Crippen LogP contribution >= 0.6 is 22.6 Å². The standard InChI is InChI=1S/C19H18INO4/c20-14-6-8-15(9-7-14)24-12-19(23)25-11-18(22)21-17-10-5-13-3-1-2-4-16(13)17/h1-4,6-9,17H,5,10-12H2,(H,21,22). The van der Waals surface area contributed by atoms with Crippen LogP contribution in [0.1, 0.15) is 23.6 Å². The van der Waals surface area contributed by atoms with Gasteiger partial charge in [-0.25, -0.2) is 4.79 Å². The van der Waals surface area contributed by atoms with Gasteiger partial charge in [-0.3, -0.25) is 4.79 Å². The van der Waals surface area contributed by atoms with E-state index in [2.05, 4.69) is 34.0 Å². The molecule has 1 aliphatic carbocycles. The second kappa shape index (κ2) is 8.33. The van der Waals surface area contributed by atoms with E-state index in [4.69, 9.17) is 9.47 Å². The molecule has 5 nitrogen and oxygen atoms in total. The van der Waals surface area contributed by atoms with E-state index in [1.165, 1.54) is 5.56 Å². The number of benzene rings is 2. The zero-order valence-electron chi connectivity index (χ0n) is 13.5. The number of esters is 1. The Labute approximate surface area is 159 Å². The zero-order valence-corrected chi connectivity index (χ0v) is 15.7. The quantitative estimate of drug-likeness (QED) is 0.542. The lowest BCUT2D eigenvalue weighted by Gasteiger charge is -2.14. The molecule has 2 aromatic rings. The normalized spacial score (nSPS) is 15.3. The lowest BCUT2D eigenvalue weighted by atomic mass is 10.1. The maximum atomic E-state index is 12.0. The number of carbonyl (C=O) groups excluding carboxylic acids is 2. The molecule has 1 atom stereocenters. The van der Waals surface area contributed by atoms with Gasteiger partial charge in [0.1, 0.15) is 5.75 Å². The topological polar surface area (TPSA) is 64.6 Å². The highest BCUT2D eigenvalue weighted by Gasteiger charge is 2.23. The molecule has 1 amide bonds. The molecule has 25 heavy (non-hydrogen) atoms. The van der Waals surface area contributed by atoms with Crippen molar-refractivity contribution in [3.05, 3.63) is 63.2 Å². The lowest BCUT2D eigenvalue weighted by molar-refractivity contribution is -0.150. The largest absolute Gasteiger partial charge is 0.482 e. The Morgan fingerprint density at radius 3 is 2.64 bits per heavy atom. The first kappa shape index (κ1) is 17.7. The van der Waals surface area contributed by atoms with Gasteiger partial charge in [-0.15, -0.1) is 0 Å². The van der Waals surface area contributed by atoms with Gasteiger partial charge in [0.15, 0.2) is 13.2 Å². The predicted molar refractivity (Wildman–Crippen MR) is 101 cm³/mol. The molecule has 2 aromatic carbocycles. The number of ether oxygens (including phenoxy) is 2. The van der Waals surface area contributed by atoms with Crippen LogP contribution in [0.5, 0.6) is 5.75 Å². The summed E-state index contributed by atoms with van der Waals surface area (Å²) in [6.45, 7) is -0.520. The van der Waals surface area contributed by atoms with Crippen molar-refractivity contribution in [1.82, 2.24) is 5.32 Å².